The van der Waals surface area contributed by atoms with E-state index < -0.39 is 12.6 Å². The highest BCUT2D eigenvalue weighted by atomic mass is 127. The molecule has 1 aliphatic rings. The Balaban J connectivity index is 1.86. The summed E-state index contributed by atoms with van der Waals surface area (Å²) in [5.41, 5.74) is 2.59. The summed E-state index contributed by atoms with van der Waals surface area (Å²) in [6.45, 7) is 3.84. The molecule has 0 unspecified atom stereocenters. The summed E-state index contributed by atoms with van der Waals surface area (Å²) in [6.07, 6.45) is 1.63. The molecule has 1 N–H and O–H groups in total. The number of thioether (sulfide) groups is 1. The van der Waals surface area contributed by atoms with Crippen molar-refractivity contribution in [2.24, 2.45) is 0 Å². The molecule has 2 aromatic carbocycles. The number of aliphatic carboxylic acids is 1. The summed E-state index contributed by atoms with van der Waals surface area (Å²) >= 11 is 2.91. The van der Waals surface area contributed by atoms with Crippen molar-refractivity contribution in [3.05, 3.63) is 61.6 Å². The molecule has 0 aromatic heterocycles. The number of amides is 2. The van der Waals surface area contributed by atoms with E-state index in [0.717, 1.165) is 22.9 Å². The molecule has 162 valence electrons. The van der Waals surface area contributed by atoms with Gasteiger partial charge in [-0.1, -0.05) is 29.8 Å². The number of hydrogen-bond acceptors (Lipinski definition) is 6. The van der Waals surface area contributed by atoms with E-state index >= 15 is 0 Å². The lowest BCUT2D eigenvalue weighted by Gasteiger charge is -2.14. The molecule has 0 atom stereocenters. The fourth-order valence-corrected chi connectivity index (χ4v) is 4.61. The Morgan fingerprint density at radius 3 is 2.68 bits per heavy atom. The van der Waals surface area contributed by atoms with Crippen LogP contribution in [0.5, 0.6) is 11.5 Å². The molecular formula is C22H20INO6S. The minimum Gasteiger partial charge on any atom is -0.490 e. The van der Waals surface area contributed by atoms with Gasteiger partial charge in [0.15, 0.2) is 18.1 Å². The lowest BCUT2D eigenvalue weighted by molar-refractivity contribution is -0.139. The van der Waals surface area contributed by atoms with E-state index in [1.165, 1.54) is 4.90 Å². The number of carbonyl (C=O) groups excluding carboxylic acids is 2. The van der Waals surface area contributed by atoms with Crippen LogP contribution in [0.3, 0.4) is 0 Å². The molecule has 0 bridgehead atoms. The van der Waals surface area contributed by atoms with Gasteiger partial charge in [-0.15, -0.1) is 0 Å². The predicted octanol–water partition coefficient (Wildman–Crippen LogP) is 4.70. The Hall–Kier alpha value is -2.53. The van der Waals surface area contributed by atoms with Crippen molar-refractivity contribution in [1.29, 1.82) is 0 Å². The number of ether oxygens (including phenoxy) is 2. The average molecular weight is 553 g/mol. The molecule has 9 heteroatoms. The largest absolute Gasteiger partial charge is 0.490 e. The number of aryl methyl sites for hydroxylation is 1. The fourth-order valence-electron chi connectivity index (χ4n) is 2.99. The van der Waals surface area contributed by atoms with Crippen LogP contribution in [-0.4, -0.2) is 40.3 Å². The number of carbonyl (C=O) groups is 3. The van der Waals surface area contributed by atoms with Crippen LogP contribution in [0.2, 0.25) is 0 Å². The monoisotopic (exact) mass is 553 g/mol. The van der Waals surface area contributed by atoms with Gasteiger partial charge in [-0.05, 0) is 77.5 Å². The van der Waals surface area contributed by atoms with Crippen LogP contribution in [0.4, 0.5) is 4.79 Å². The normalized spacial score (nSPS) is 14.9. The third-order valence-electron chi connectivity index (χ3n) is 4.27. The molecule has 31 heavy (non-hydrogen) atoms. The van der Waals surface area contributed by atoms with Crippen molar-refractivity contribution in [2.75, 3.05) is 13.2 Å². The number of halogens is 1. The number of carboxylic acid groups (broad SMARTS) is 1. The summed E-state index contributed by atoms with van der Waals surface area (Å²) in [4.78, 5) is 37.7. The van der Waals surface area contributed by atoms with Crippen molar-refractivity contribution >= 4 is 57.5 Å². The molecule has 1 saturated heterocycles. The van der Waals surface area contributed by atoms with Gasteiger partial charge in [0.1, 0.15) is 0 Å². The topological polar surface area (TPSA) is 93.1 Å². The van der Waals surface area contributed by atoms with Crippen molar-refractivity contribution in [3.63, 3.8) is 0 Å². The highest BCUT2D eigenvalue weighted by Gasteiger charge is 2.35. The van der Waals surface area contributed by atoms with E-state index in [9.17, 15) is 14.4 Å². The molecule has 0 radical (unpaired) electrons. The third kappa shape index (κ3) is 5.79. The number of rotatable bonds is 8. The van der Waals surface area contributed by atoms with Gasteiger partial charge in [0.05, 0.1) is 21.6 Å². The predicted molar refractivity (Wildman–Crippen MR) is 126 cm³/mol. The van der Waals surface area contributed by atoms with Crippen molar-refractivity contribution in [1.82, 2.24) is 4.90 Å². The Morgan fingerprint density at radius 1 is 1.23 bits per heavy atom. The quantitative estimate of drug-likeness (QED) is 0.374. The van der Waals surface area contributed by atoms with Crippen LogP contribution < -0.4 is 9.47 Å². The summed E-state index contributed by atoms with van der Waals surface area (Å²) in [5.74, 6) is -0.740. The summed E-state index contributed by atoms with van der Waals surface area (Å²) in [5, 5.41) is 8.56. The average Bonchev–Trinajstić information content (AvgIpc) is 2.95. The number of carboxylic acids is 1. The molecule has 1 fully saturated rings. The molecule has 1 heterocycles. The third-order valence-corrected chi connectivity index (χ3v) is 5.97. The summed E-state index contributed by atoms with van der Waals surface area (Å²) in [7, 11) is 0. The highest BCUT2D eigenvalue weighted by molar-refractivity contribution is 14.1. The molecule has 7 nitrogen and oxygen atoms in total. The van der Waals surface area contributed by atoms with Crippen molar-refractivity contribution < 1.29 is 29.0 Å². The van der Waals surface area contributed by atoms with E-state index in [0.29, 0.717) is 32.1 Å². The summed E-state index contributed by atoms with van der Waals surface area (Å²) in [6, 6.07) is 11.1. The van der Waals surface area contributed by atoms with Crippen LogP contribution in [-0.2, 0) is 16.1 Å². The maximum atomic E-state index is 12.8. The van der Waals surface area contributed by atoms with Gasteiger partial charge in [-0.3, -0.25) is 14.5 Å². The zero-order chi connectivity index (χ0) is 22.5. The van der Waals surface area contributed by atoms with Crippen LogP contribution >= 0.6 is 34.4 Å². The molecular weight excluding hydrogens is 533 g/mol. The van der Waals surface area contributed by atoms with E-state index in [-0.39, 0.29) is 17.7 Å². The Kier molecular flexibility index (Phi) is 7.60. The molecule has 0 spiro atoms. The number of benzene rings is 2. The van der Waals surface area contributed by atoms with Gasteiger partial charge in [0, 0.05) is 0 Å². The SMILES string of the molecule is CCOc1cc(/C=C2\SC(=O)N(Cc3cccc(C)c3)C2=O)cc(I)c1OCC(=O)O. The van der Waals surface area contributed by atoms with E-state index in [1.54, 1.807) is 25.1 Å². The zero-order valence-corrected chi connectivity index (χ0v) is 19.9. The maximum absolute atomic E-state index is 12.8. The molecule has 0 saturated carbocycles. The first kappa shape index (κ1) is 23.1. The van der Waals surface area contributed by atoms with E-state index in [4.69, 9.17) is 14.6 Å². The second-order valence-electron chi connectivity index (χ2n) is 6.70. The Bertz CT molecular complexity index is 1070. The standard InChI is InChI=1S/C22H20INO6S/c1-3-29-17-9-15(8-16(23)20(17)30-12-19(25)26)10-18-21(27)24(22(28)31-18)11-14-6-4-5-13(2)7-14/h4-10H,3,11-12H2,1-2H3,(H,25,26)/b18-10-. The molecule has 2 aromatic rings. The van der Waals surface area contributed by atoms with E-state index in [1.807, 2.05) is 53.8 Å². The fraction of sp³-hybridized carbons (Fsp3) is 0.227. The maximum Gasteiger partial charge on any atom is 0.341 e. The smallest absolute Gasteiger partial charge is 0.341 e. The Labute approximate surface area is 197 Å². The van der Waals surface area contributed by atoms with Crippen LogP contribution in [0.15, 0.2) is 41.3 Å². The highest BCUT2D eigenvalue weighted by Crippen LogP contribution is 2.38. The van der Waals surface area contributed by atoms with Gasteiger partial charge in [0.25, 0.3) is 11.1 Å². The van der Waals surface area contributed by atoms with Crippen LogP contribution in [0, 0.1) is 10.5 Å². The van der Waals surface area contributed by atoms with Crippen molar-refractivity contribution in [2.45, 2.75) is 20.4 Å². The minimum absolute atomic E-state index is 0.216. The number of nitrogens with zero attached hydrogens (tertiary/aromatic N) is 1. The van der Waals surface area contributed by atoms with E-state index in [2.05, 4.69) is 0 Å². The van der Waals surface area contributed by atoms with Gasteiger partial charge in [0.2, 0.25) is 0 Å². The first-order valence-corrected chi connectivity index (χ1v) is 11.3. The van der Waals surface area contributed by atoms with Gasteiger partial charge >= 0.3 is 5.97 Å². The zero-order valence-electron chi connectivity index (χ0n) is 16.9. The van der Waals surface area contributed by atoms with Crippen molar-refractivity contribution in [3.8, 4) is 11.5 Å². The second kappa shape index (κ2) is 10.2. The second-order valence-corrected chi connectivity index (χ2v) is 8.86. The van der Waals surface area contributed by atoms with Crippen LogP contribution in [0.1, 0.15) is 23.6 Å². The molecule has 0 aliphatic carbocycles. The number of imide groups is 1. The summed E-state index contributed by atoms with van der Waals surface area (Å²) < 4.78 is 11.6. The Morgan fingerprint density at radius 2 is 2.00 bits per heavy atom. The first-order chi connectivity index (χ1) is 14.8. The van der Waals surface area contributed by atoms with Gasteiger partial charge in [-0.2, -0.15) is 0 Å². The molecule has 1 aliphatic heterocycles. The molecule has 3 rings (SSSR count). The lowest BCUT2D eigenvalue weighted by Crippen LogP contribution is -2.27. The minimum atomic E-state index is -1.09. The molecule has 2 amide bonds. The van der Waals surface area contributed by atoms with Gasteiger partial charge in [-0.25, -0.2) is 4.79 Å². The van der Waals surface area contributed by atoms with Crippen LogP contribution in [0.25, 0.3) is 6.08 Å². The lowest BCUT2D eigenvalue weighted by atomic mass is 10.1. The first-order valence-electron chi connectivity index (χ1n) is 9.40. The number of hydrogen-bond donors (Lipinski definition) is 1. The van der Waals surface area contributed by atoms with Gasteiger partial charge < -0.3 is 14.6 Å².